The lowest BCUT2D eigenvalue weighted by molar-refractivity contribution is 0.100. The van der Waals surface area contributed by atoms with Crippen molar-refractivity contribution in [3.8, 4) is 0 Å². The van der Waals surface area contributed by atoms with Crippen molar-refractivity contribution in [3.05, 3.63) is 45.1 Å². The number of nitrogen functional groups attached to an aromatic ring is 1. The predicted octanol–water partition coefficient (Wildman–Crippen LogP) is 2.69. The van der Waals surface area contributed by atoms with Gasteiger partial charge >= 0.3 is 0 Å². The maximum atomic E-state index is 11.3. The molecule has 4 nitrogen and oxygen atoms in total. The van der Waals surface area contributed by atoms with Crippen LogP contribution in [0.25, 0.3) is 0 Å². The van der Waals surface area contributed by atoms with Gasteiger partial charge in [0.2, 0.25) is 0 Å². The van der Waals surface area contributed by atoms with Gasteiger partial charge in [-0.25, -0.2) is 0 Å². The molecule has 0 spiro atoms. The van der Waals surface area contributed by atoms with Gasteiger partial charge in [-0.15, -0.1) is 11.3 Å². The Morgan fingerprint density at radius 3 is 2.72 bits per heavy atom. The van der Waals surface area contributed by atoms with Crippen LogP contribution in [0.4, 0.5) is 11.4 Å². The van der Waals surface area contributed by atoms with Crippen LogP contribution in [0.2, 0.25) is 4.34 Å². The smallest absolute Gasteiger partial charge is 0.250 e. The van der Waals surface area contributed by atoms with Crippen molar-refractivity contribution in [2.45, 2.75) is 6.54 Å². The Hall–Kier alpha value is -1.72. The summed E-state index contributed by atoms with van der Waals surface area (Å²) in [7, 11) is 0. The van der Waals surface area contributed by atoms with Gasteiger partial charge in [0.25, 0.3) is 5.91 Å². The molecular formula is C12H12ClN3OS. The Kier molecular flexibility index (Phi) is 3.74. The van der Waals surface area contributed by atoms with Crippen LogP contribution in [0, 0.1) is 0 Å². The summed E-state index contributed by atoms with van der Waals surface area (Å²) < 4.78 is 0.735. The molecule has 0 saturated heterocycles. The molecule has 0 aliphatic carbocycles. The van der Waals surface area contributed by atoms with Crippen molar-refractivity contribution in [2.24, 2.45) is 5.73 Å². The standard InChI is InChI=1S/C12H12ClN3OS/c13-11-4-2-8(18-11)6-16-10-3-1-7(14)5-9(10)12(15)17/h1-5,16H,6,14H2,(H2,15,17). The molecule has 0 aliphatic heterocycles. The second kappa shape index (κ2) is 5.29. The molecule has 0 bridgehead atoms. The summed E-state index contributed by atoms with van der Waals surface area (Å²) in [6.07, 6.45) is 0. The minimum atomic E-state index is -0.506. The topological polar surface area (TPSA) is 81.1 Å². The van der Waals surface area contributed by atoms with E-state index in [0.29, 0.717) is 23.5 Å². The van der Waals surface area contributed by atoms with Crippen molar-refractivity contribution >= 4 is 40.2 Å². The van der Waals surface area contributed by atoms with E-state index in [1.165, 1.54) is 11.3 Å². The molecule has 1 heterocycles. The van der Waals surface area contributed by atoms with Crippen molar-refractivity contribution < 1.29 is 4.79 Å². The Labute approximate surface area is 114 Å². The highest BCUT2D eigenvalue weighted by Crippen LogP contribution is 2.24. The zero-order valence-electron chi connectivity index (χ0n) is 9.44. The number of nitrogens with one attached hydrogen (secondary N) is 1. The van der Waals surface area contributed by atoms with Gasteiger partial charge in [-0.1, -0.05) is 11.6 Å². The molecule has 0 unspecified atom stereocenters. The van der Waals surface area contributed by atoms with Gasteiger partial charge < -0.3 is 16.8 Å². The zero-order valence-corrected chi connectivity index (χ0v) is 11.0. The summed E-state index contributed by atoms with van der Waals surface area (Å²) in [4.78, 5) is 12.4. The van der Waals surface area contributed by atoms with Crippen molar-refractivity contribution in [1.82, 2.24) is 0 Å². The highest BCUT2D eigenvalue weighted by Gasteiger charge is 2.08. The molecular weight excluding hydrogens is 270 g/mol. The average molecular weight is 282 g/mol. The minimum Gasteiger partial charge on any atom is -0.399 e. The Balaban J connectivity index is 2.16. The first kappa shape index (κ1) is 12.7. The lowest BCUT2D eigenvalue weighted by Gasteiger charge is -2.09. The van der Waals surface area contributed by atoms with Gasteiger partial charge in [0, 0.05) is 22.8 Å². The molecule has 6 heteroatoms. The quantitative estimate of drug-likeness (QED) is 0.754. The van der Waals surface area contributed by atoms with E-state index in [4.69, 9.17) is 23.1 Å². The van der Waals surface area contributed by atoms with Crippen molar-refractivity contribution in [1.29, 1.82) is 0 Å². The van der Waals surface area contributed by atoms with Crippen LogP contribution in [0.5, 0.6) is 0 Å². The molecule has 5 N–H and O–H groups in total. The van der Waals surface area contributed by atoms with Crippen molar-refractivity contribution in [3.63, 3.8) is 0 Å². The van der Waals surface area contributed by atoms with Crippen LogP contribution in [-0.2, 0) is 6.54 Å². The summed E-state index contributed by atoms with van der Waals surface area (Å²) >= 11 is 7.33. The zero-order chi connectivity index (χ0) is 13.1. The fourth-order valence-electron chi connectivity index (χ4n) is 1.55. The van der Waals surface area contributed by atoms with E-state index >= 15 is 0 Å². The van der Waals surface area contributed by atoms with Crippen LogP contribution in [0.15, 0.2) is 30.3 Å². The Morgan fingerprint density at radius 1 is 1.33 bits per heavy atom. The largest absolute Gasteiger partial charge is 0.399 e. The number of hydrogen-bond acceptors (Lipinski definition) is 4. The summed E-state index contributed by atoms with van der Waals surface area (Å²) in [5, 5.41) is 3.15. The predicted molar refractivity (Wildman–Crippen MR) is 76.0 cm³/mol. The number of carbonyl (C=O) groups is 1. The number of halogens is 1. The van der Waals surface area contributed by atoms with E-state index in [0.717, 1.165) is 9.21 Å². The molecule has 0 atom stereocenters. The maximum absolute atomic E-state index is 11.3. The SMILES string of the molecule is NC(=O)c1cc(N)ccc1NCc1ccc(Cl)s1. The number of benzene rings is 1. The van der Waals surface area contributed by atoms with E-state index < -0.39 is 5.91 Å². The molecule has 18 heavy (non-hydrogen) atoms. The molecule has 0 saturated carbocycles. The van der Waals surface area contributed by atoms with Crippen LogP contribution < -0.4 is 16.8 Å². The highest BCUT2D eigenvalue weighted by atomic mass is 35.5. The fourth-order valence-corrected chi connectivity index (χ4v) is 2.58. The first-order valence-corrected chi connectivity index (χ1v) is 6.43. The Morgan fingerprint density at radius 2 is 2.11 bits per heavy atom. The van der Waals surface area contributed by atoms with E-state index in [-0.39, 0.29) is 0 Å². The van der Waals surface area contributed by atoms with Crippen molar-refractivity contribution in [2.75, 3.05) is 11.1 Å². The van der Waals surface area contributed by atoms with E-state index in [2.05, 4.69) is 5.32 Å². The molecule has 1 aromatic carbocycles. The number of thiophene rings is 1. The summed E-state index contributed by atoms with van der Waals surface area (Å²) in [6, 6.07) is 8.79. The van der Waals surface area contributed by atoms with Crippen LogP contribution in [-0.4, -0.2) is 5.91 Å². The van der Waals surface area contributed by atoms with Gasteiger partial charge in [-0.05, 0) is 30.3 Å². The number of rotatable bonds is 4. The Bertz CT molecular complexity index is 582. The van der Waals surface area contributed by atoms with E-state index in [9.17, 15) is 4.79 Å². The molecule has 1 amide bonds. The number of primary amides is 1. The number of anilines is 2. The monoisotopic (exact) mass is 281 g/mol. The molecule has 1 aromatic heterocycles. The normalized spacial score (nSPS) is 10.3. The summed E-state index contributed by atoms with van der Waals surface area (Å²) in [5.41, 5.74) is 12.5. The summed E-state index contributed by atoms with van der Waals surface area (Å²) in [6.45, 7) is 0.585. The second-order valence-corrected chi connectivity index (χ2v) is 5.53. The van der Waals surface area contributed by atoms with E-state index in [1.807, 2.05) is 12.1 Å². The highest BCUT2D eigenvalue weighted by molar-refractivity contribution is 7.16. The lowest BCUT2D eigenvalue weighted by atomic mass is 10.1. The number of amides is 1. The number of nitrogens with two attached hydrogens (primary N) is 2. The van der Waals surface area contributed by atoms with Gasteiger partial charge in [-0.3, -0.25) is 4.79 Å². The molecule has 0 fully saturated rings. The molecule has 2 aromatic rings. The third-order valence-electron chi connectivity index (χ3n) is 2.39. The van der Waals surface area contributed by atoms with Crippen LogP contribution >= 0.6 is 22.9 Å². The fraction of sp³-hybridized carbons (Fsp3) is 0.0833. The molecule has 2 rings (SSSR count). The van der Waals surface area contributed by atoms with Gasteiger partial charge in [-0.2, -0.15) is 0 Å². The van der Waals surface area contributed by atoms with Gasteiger partial charge in [0.1, 0.15) is 0 Å². The molecule has 94 valence electrons. The van der Waals surface area contributed by atoms with Crippen LogP contribution in [0.3, 0.4) is 0 Å². The number of carbonyl (C=O) groups excluding carboxylic acids is 1. The number of hydrogen-bond donors (Lipinski definition) is 3. The van der Waals surface area contributed by atoms with Crippen LogP contribution in [0.1, 0.15) is 15.2 Å². The van der Waals surface area contributed by atoms with Gasteiger partial charge in [0.05, 0.1) is 9.90 Å². The average Bonchev–Trinajstić information content (AvgIpc) is 2.73. The third kappa shape index (κ3) is 2.94. The third-order valence-corrected chi connectivity index (χ3v) is 3.62. The molecule has 0 aliphatic rings. The first-order chi connectivity index (χ1) is 8.56. The molecule has 0 radical (unpaired) electrons. The van der Waals surface area contributed by atoms with Gasteiger partial charge in [0.15, 0.2) is 0 Å². The summed E-state index contributed by atoms with van der Waals surface area (Å²) in [5.74, 6) is -0.506. The second-order valence-electron chi connectivity index (χ2n) is 3.73. The minimum absolute atomic E-state index is 0.387. The maximum Gasteiger partial charge on any atom is 0.250 e. The lowest BCUT2D eigenvalue weighted by Crippen LogP contribution is -2.14. The first-order valence-electron chi connectivity index (χ1n) is 5.23. The van der Waals surface area contributed by atoms with E-state index in [1.54, 1.807) is 18.2 Å².